The summed E-state index contributed by atoms with van der Waals surface area (Å²) in [6.45, 7) is 0. The van der Waals surface area contributed by atoms with E-state index in [1.54, 1.807) is 0 Å². The smallest absolute Gasteiger partial charge is 0.227 e. The molecule has 8 aromatic carbocycles. The van der Waals surface area contributed by atoms with Crippen molar-refractivity contribution >= 4 is 50.1 Å². The van der Waals surface area contributed by atoms with Crippen LogP contribution in [0.1, 0.15) is 6.85 Å². The topological polar surface area (TPSA) is 42.4 Å². The van der Waals surface area contributed by atoms with E-state index in [9.17, 15) is 0 Å². The minimum Gasteiger partial charge on any atom is -0.454 e. The van der Waals surface area contributed by atoms with Crippen LogP contribution in [-0.4, -0.2) is 4.98 Å². The van der Waals surface area contributed by atoms with Crippen LogP contribution in [0.5, 0.6) is 0 Å². The van der Waals surface area contributed by atoms with Crippen LogP contribution in [0.25, 0.3) is 77.9 Å². The molecule has 2 heterocycles. The van der Waals surface area contributed by atoms with Crippen molar-refractivity contribution in [1.29, 1.82) is 0 Å². The zero-order valence-electron chi connectivity index (χ0n) is 33.3. The highest BCUT2D eigenvalue weighted by Gasteiger charge is 2.24. The third kappa shape index (κ3) is 5.54. The molecule has 0 saturated carbocycles. The quantitative estimate of drug-likeness (QED) is 0.167. The van der Waals surface area contributed by atoms with E-state index in [1.165, 1.54) is 0 Å². The number of hydrogen-bond donors (Lipinski definition) is 0. The molecule has 250 valence electrons. The number of benzene rings is 8. The molecule has 53 heavy (non-hydrogen) atoms. The number of furan rings is 1. The number of nitrogens with zero attached hydrogens (tertiary/aromatic N) is 2. The Morgan fingerprint density at radius 1 is 0.434 bits per heavy atom. The molecule has 0 aliphatic rings. The summed E-state index contributed by atoms with van der Waals surface area (Å²) in [5.74, 6) is 0.542. The molecule has 2 aromatic heterocycles. The molecule has 4 nitrogen and oxygen atoms in total. The molecule has 0 aliphatic heterocycles. The van der Waals surface area contributed by atoms with Gasteiger partial charge in [-0.2, -0.15) is 0 Å². The lowest BCUT2D eigenvalue weighted by molar-refractivity contribution is 0.620. The van der Waals surface area contributed by atoms with Crippen molar-refractivity contribution in [2.75, 3.05) is 4.90 Å². The highest BCUT2D eigenvalue weighted by Crippen LogP contribution is 2.48. The summed E-state index contributed by atoms with van der Waals surface area (Å²) < 4.78 is 54.8. The molecule has 0 fully saturated rings. The largest absolute Gasteiger partial charge is 0.454 e. The first kappa shape index (κ1) is 25.7. The summed E-state index contributed by atoms with van der Waals surface area (Å²) in [6, 6.07) is 52.5. The molecule has 10 rings (SSSR count). The Morgan fingerprint density at radius 2 is 1.02 bits per heavy atom. The van der Waals surface area contributed by atoms with Gasteiger partial charge in [-0.3, -0.25) is 0 Å². The van der Waals surface area contributed by atoms with Gasteiger partial charge in [-0.25, -0.2) is 4.98 Å². The van der Waals surface area contributed by atoms with E-state index in [-0.39, 0.29) is 29.7 Å². The van der Waals surface area contributed by atoms with Crippen LogP contribution in [0.15, 0.2) is 203 Å². The third-order valence-corrected chi connectivity index (χ3v) is 9.63. The molecule has 4 heteroatoms. The molecule has 0 atom stereocenters. The zero-order valence-corrected chi connectivity index (χ0v) is 28.3. The Hall–Kier alpha value is -7.17. The SMILES string of the molecule is [2H]c1c([2H])c([2H])c(-c2ccc(N(c3ccc(-c4ccccc4)cc3)c3c(-c4ccc(-c5nc6ccccc6o5)cc4)ccc4c3oc3ccccc34)cc2)c([2H])c1[2H]. The maximum atomic E-state index is 8.63. The van der Waals surface area contributed by atoms with Crippen LogP contribution in [0.3, 0.4) is 0 Å². The lowest BCUT2D eigenvalue weighted by Crippen LogP contribution is -2.11. The molecule has 0 spiro atoms. The van der Waals surface area contributed by atoms with Gasteiger partial charge in [-0.15, -0.1) is 0 Å². The summed E-state index contributed by atoms with van der Waals surface area (Å²) in [7, 11) is 0. The van der Waals surface area contributed by atoms with Crippen LogP contribution < -0.4 is 4.90 Å². The molecule has 0 bridgehead atoms. The molecule has 0 aliphatic carbocycles. The summed E-state index contributed by atoms with van der Waals surface area (Å²) in [5.41, 5.74) is 11.0. The second-order valence-electron chi connectivity index (χ2n) is 12.8. The van der Waals surface area contributed by atoms with Gasteiger partial charge < -0.3 is 13.7 Å². The summed E-state index contributed by atoms with van der Waals surface area (Å²) >= 11 is 0. The first-order chi connectivity index (χ1) is 28.3. The average molecular weight is 686 g/mol. The first-order valence-electron chi connectivity index (χ1n) is 19.9. The average Bonchev–Trinajstić information content (AvgIpc) is 3.89. The van der Waals surface area contributed by atoms with Crippen molar-refractivity contribution in [3.63, 3.8) is 0 Å². The monoisotopic (exact) mass is 685 g/mol. The molecular weight excluding hydrogens is 649 g/mol. The fraction of sp³-hybridized carbons (Fsp3) is 0. The van der Waals surface area contributed by atoms with Gasteiger partial charge in [0.1, 0.15) is 11.1 Å². The standard InChI is InChI=1S/C49H32N2O2/c1-3-11-33(12-4-1)35-23-27-39(28-24-35)51(40-29-25-36(26-30-40)34-13-5-2-6-14-34)47-41(31-32-43-42-15-7-9-17-45(42)52-48(43)47)37-19-21-38(22-20-37)49-50-44-16-8-10-18-46(44)53-49/h1-32H/i1D,3D,4D,11D,12D. The number of anilines is 3. The van der Waals surface area contributed by atoms with E-state index >= 15 is 0 Å². The Balaban J connectivity index is 1.18. The molecule has 0 unspecified atom stereocenters. The molecule has 10 aromatic rings. The minimum absolute atomic E-state index is 0.149. The Bertz CT molecular complexity index is 3100. The van der Waals surface area contributed by atoms with Gasteiger partial charge in [-0.05, 0) is 88.5 Å². The third-order valence-electron chi connectivity index (χ3n) is 9.63. The van der Waals surface area contributed by atoms with E-state index in [1.807, 2.05) is 97.1 Å². The van der Waals surface area contributed by atoms with Crippen LogP contribution in [0.4, 0.5) is 17.1 Å². The highest BCUT2D eigenvalue weighted by atomic mass is 16.3. The van der Waals surface area contributed by atoms with Crippen LogP contribution in [0, 0.1) is 0 Å². The summed E-state index contributed by atoms with van der Waals surface area (Å²) in [6.07, 6.45) is 0. The predicted octanol–water partition coefficient (Wildman–Crippen LogP) is 13.9. The number of fused-ring (bicyclic) bond motifs is 4. The second kappa shape index (κ2) is 12.9. The van der Waals surface area contributed by atoms with Crippen LogP contribution in [0.2, 0.25) is 0 Å². The van der Waals surface area contributed by atoms with E-state index in [4.69, 9.17) is 20.7 Å². The minimum atomic E-state index is -0.422. The molecule has 0 saturated heterocycles. The van der Waals surface area contributed by atoms with Crippen molar-refractivity contribution in [2.24, 2.45) is 0 Å². The van der Waals surface area contributed by atoms with Crippen LogP contribution in [-0.2, 0) is 0 Å². The first-order valence-corrected chi connectivity index (χ1v) is 17.4. The van der Waals surface area contributed by atoms with Crippen molar-refractivity contribution in [1.82, 2.24) is 4.98 Å². The fourth-order valence-corrected chi connectivity index (χ4v) is 7.03. The normalized spacial score (nSPS) is 12.7. The molecule has 0 radical (unpaired) electrons. The maximum absolute atomic E-state index is 8.63. The maximum Gasteiger partial charge on any atom is 0.227 e. The van der Waals surface area contributed by atoms with Crippen molar-refractivity contribution < 1.29 is 15.7 Å². The Morgan fingerprint density at radius 3 is 1.74 bits per heavy atom. The van der Waals surface area contributed by atoms with E-state index < -0.39 is 6.04 Å². The van der Waals surface area contributed by atoms with Crippen molar-refractivity contribution in [2.45, 2.75) is 0 Å². The molecule has 0 N–H and O–H groups in total. The highest BCUT2D eigenvalue weighted by molar-refractivity contribution is 6.13. The van der Waals surface area contributed by atoms with Gasteiger partial charge in [0.15, 0.2) is 11.2 Å². The molecular formula is C49H32N2O2. The van der Waals surface area contributed by atoms with Gasteiger partial charge in [0.2, 0.25) is 5.89 Å². The number of para-hydroxylation sites is 3. The second-order valence-corrected chi connectivity index (χ2v) is 12.8. The van der Waals surface area contributed by atoms with Gasteiger partial charge in [-0.1, -0.05) is 133 Å². The zero-order chi connectivity index (χ0) is 39.5. The predicted molar refractivity (Wildman–Crippen MR) is 218 cm³/mol. The Kier molecular flexibility index (Phi) is 6.24. The summed E-state index contributed by atoms with van der Waals surface area (Å²) in [5, 5.41) is 1.95. The molecule has 0 amide bonds. The lowest BCUT2D eigenvalue weighted by Gasteiger charge is -2.28. The van der Waals surface area contributed by atoms with Gasteiger partial charge >= 0.3 is 0 Å². The number of oxazole rings is 1. The van der Waals surface area contributed by atoms with E-state index in [2.05, 4.69) is 71.6 Å². The van der Waals surface area contributed by atoms with E-state index in [0.717, 1.165) is 72.3 Å². The van der Waals surface area contributed by atoms with Crippen molar-refractivity contribution in [3.8, 4) is 44.8 Å². The van der Waals surface area contributed by atoms with Crippen molar-refractivity contribution in [3.05, 3.63) is 194 Å². The van der Waals surface area contributed by atoms with Crippen LogP contribution >= 0.6 is 0 Å². The van der Waals surface area contributed by atoms with Gasteiger partial charge in [0, 0.05) is 33.3 Å². The van der Waals surface area contributed by atoms with Gasteiger partial charge in [0.25, 0.3) is 0 Å². The summed E-state index contributed by atoms with van der Waals surface area (Å²) in [4.78, 5) is 6.88. The number of hydrogen-bond acceptors (Lipinski definition) is 4. The lowest BCUT2D eigenvalue weighted by atomic mass is 9.97. The Labute approximate surface area is 313 Å². The number of rotatable bonds is 7. The van der Waals surface area contributed by atoms with E-state index in [0.29, 0.717) is 17.0 Å². The van der Waals surface area contributed by atoms with Gasteiger partial charge in [0.05, 0.1) is 12.5 Å². The number of aromatic nitrogens is 1. The fourth-order valence-electron chi connectivity index (χ4n) is 7.03.